The number of benzene rings is 2. The van der Waals surface area contributed by atoms with Gasteiger partial charge in [0.05, 0.1) is 24.8 Å². The zero-order chi connectivity index (χ0) is 21.3. The van der Waals surface area contributed by atoms with Crippen molar-refractivity contribution in [1.29, 1.82) is 5.26 Å². The van der Waals surface area contributed by atoms with Crippen molar-refractivity contribution in [3.8, 4) is 11.8 Å². The molecule has 0 amide bonds. The van der Waals surface area contributed by atoms with Crippen LogP contribution in [0.2, 0.25) is 0 Å². The Balaban J connectivity index is 1.57. The predicted molar refractivity (Wildman–Crippen MR) is 114 cm³/mol. The fourth-order valence-corrected chi connectivity index (χ4v) is 3.20. The van der Waals surface area contributed by atoms with E-state index in [1.54, 1.807) is 19.2 Å². The Morgan fingerprint density at radius 1 is 1.23 bits per heavy atom. The highest BCUT2D eigenvalue weighted by Gasteiger charge is 2.17. The summed E-state index contributed by atoms with van der Waals surface area (Å²) < 4.78 is 25.6. The van der Waals surface area contributed by atoms with Crippen LogP contribution in [-0.4, -0.2) is 32.8 Å². The van der Waals surface area contributed by atoms with Crippen LogP contribution in [-0.2, 0) is 17.8 Å². The average Bonchev–Trinajstić information content (AvgIpc) is 3.27. The van der Waals surface area contributed by atoms with Crippen LogP contribution in [0, 0.1) is 30.0 Å². The Labute approximate surface area is 176 Å². The number of hydrogen-bond donors (Lipinski definition) is 2. The molecule has 0 radical (unpaired) electrons. The van der Waals surface area contributed by atoms with Gasteiger partial charge in [0.1, 0.15) is 11.6 Å². The van der Waals surface area contributed by atoms with E-state index in [0.717, 1.165) is 36.5 Å². The molecule has 1 saturated heterocycles. The SMILES string of the molecule is CN=C(NCc1ccc(C#N)cc1F)NCc1ccc(C)cc1OCC1CCOC1. The third kappa shape index (κ3) is 5.94. The minimum absolute atomic E-state index is 0.260. The largest absolute Gasteiger partial charge is 0.493 e. The highest BCUT2D eigenvalue weighted by atomic mass is 19.1. The quantitative estimate of drug-likeness (QED) is 0.541. The molecule has 1 atom stereocenters. The second kappa shape index (κ2) is 10.6. The molecule has 0 aromatic heterocycles. The van der Waals surface area contributed by atoms with Crippen molar-refractivity contribution >= 4 is 5.96 Å². The summed E-state index contributed by atoms with van der Waals surface area (Å²) >= 11 is 0. The fourth-order valence-electron chi connectivity index (χ4n) is 3.20. The monoisotopic (exact) mass is 410 g/mol. The highest BCUT2D eigenvalue weighted by Crippen LogP contribution is 2.22. The first-order chi connectivity index (χ1) is 14.6. The maximum atomic E-state index is 14.1. The van der Waals surface area contributed by atoms with E-state index in [4.69, 9.17) is 14.7 Å². The molecule has 2 N–H and O–H groups in total. The topological polar surface area (TPSA) is 78.7 Å². The number of nitrogens with one attached hydrogen (secondary N) is 2. The third-order valence-electron chi connectivity index (χ3n) is 5.02. The van der Waals surface area contributed by atoms with Crippen molar-refractivity contribution in [3.63, 3.8) is 0 Å². The van der Waals surface area contributed by atoms with Crippen molar-refractivity contribution in [2.75, 3.05) is 26.9 Å². The Hall–Kier alpha value is -3.11. The molecule has 0 aliphatic carbocycles. The Morgan fingerprint density at radius 2 is 2.00 bits per heavy atom. The molecule has 2 aromatic carbocycles. The molecule has 0 spiro atoms. The first-order valence-corrected chi connectivity index (χ1v) is 10.0. The number of nitrogens with zero attached hydrogens (tertiary/aromatic N) is 2. The molecular weight excluding hydrogens is 383 g/mol. The number of halogens is 1. The van der Waals surface area contributed by atoms with Crippen LogP contribution >= 0.6 is 0 Å². The lowest BCUT2D eigenvalue weighted by atomic mass is 10.1. The van der Waals surface area contributed by atoms with Gasteiger partial charge < -0.3 is 20.1 Å². The number of rotatable bonds is 7. The van der Waals surface area contributed by atoms with Crippen LogP contribution in [0.3, 0.4) is 0 Å². The maximum absolute atomic E-state index is 14.1. The standard InChI is InChI=1S/C23H27FN4O2/c1-16-3-5-20(22(9-16)30-15-18-7-8-29-14-18)13-28-23(26-2)27-12-19-6-4-17(11-25)10-21(19)24/h3-6,9-10,18H,7-8,12-15H2,1-2H3,(H2,26,27,28). The van der Waals surface area contributed by atoms with Gasteiger partial charge in [-0.05, 0) is 37.1 Å². The van der Waals surface area contributed by atoms with Crippen LogP contribution in [0.4, 0.5) is 4.39 Å². The first-order valence-electron chi connectivity index (χ1n) is 10.0. The minimum atomic E-state index is -0.415. The van der Waals surface area contributed by atoms with E-state index in [9.17, 15) is 4.39 Å². The normalized spacial score (nSPS) is 16.2. The molecule has 1 fully saturated rings. The summed E-state index contributed by atoms with van der Waals surface area (Å²) in [5.41, 5.74) is 2.92. The molecule has 6 nitrogen and oxygen atoms in total. The molecule has 3 rings (SSSR count). The van der Waals surface area contributed by atoms with Crippen LogP contribution < -0.4 is 15.4 Å². The zero-order valence-electron chi connectivity index (χ0n) is 17.4. The van der Waals surface area contributed by atoms with Gasteiger partial charge in [-0.1, -0.05) is 18.2 Å². The Bertz CT molecular complexity index is 933. The van der Waals surface area contributed by atoms with E-state index in [1.807, 2.05) is 31.2 Å². The summed E-state index contributed by atoms with van der Waals surface area (Å²) in [5, 5.41) is 15.2. The van der Waals surface area contributed by atoms with E-state index in [-0.39, 0.29) is 6.54 Å². The van der Waals surface area contributed by atoms with Crippen LogP contribution in [0.15, 0.2) is 41.4 Å². The third-order valence-corrected chi connectivity index (χ3v) is 5.02. The maximum Gasteiger partial charge on any atom is 0.191 e. The molecule has 158 valence electrons. The number of guanidine groups is 1. The minimum Gasteiger partial charge on any atom is -0.493 e. The lowest BCUT2D eigenvalue weighted by Gasteiger charge is -2.17. The van der Waals surface area contributed by atoms with E-state index >= 15 is 0 Å². The summed E-state index contributed by atoms with van der Waals surface area (Å²) in [5.74, 6) is 1.42. The van der Waals surface area contributed by atoms with Crippen LogP contribution in [0.5, 0.6) is 5.75 Å². The summed E-state index contributed by atoms with van der Waals surface area (Å²) in [4.78, 5) is 4.20. The van der Waals surface area contributed by atoms with Crippen molar-refractivity contribution in [3.05, 3.63) is 64.5 Å². The zero-order valence-corrected chi connectivity index (χ0v) is 17.4. The van der Waals surface area contributed by atoms with E-state index < -0.39 is 5.82 Å². The average molecular weight is 410 g/mol. The van der Waals surface area contributed by atoms with Crippen molar-refractivity contribution < 1.29 is 13.9 Å². The molecule has 0 bridgehead atoms. The first kappa shape index (κ1) is 21.6. The smallest absolute Gasteiger partial charge is 0.191 e. The number of aliphatic imine (C=N–C) groups is 1. The van der Waals surface area contributed by atoms with Crippen molar-refractivity contribution in [2.24, 2.45) is 10.9 Å². The molecule has 1 unspecified atom stereocenters. The number of ether oxygens (including phenoxy) is 2. The van der Waals surface area contributed by atoms with Gasteiger partial charge in [0.15, 0.2) is 5.96 Å². The molecule has 7 heteroatoms. The molecular formula is C23H27FN4O2. The second-order valence-corrected chi connectivity index (χ2v) is 7.35. The molecule has 1 aliphatic heterocycles. The summed E-state index contributed by atoms with van der Waals surface area (Å²) in [7, 11) is 1.66. The summed E-state index contributed by atoms with van der Waals surface area (Å²) in [6.45, 7) is 5.01. The molecule has 0 saturated carbocycles. The number of aryl methyl sites for hydroxylation is 1. The van der Waals surface area contributed by atoms with Crippen LogP contribution in [0.25, 0.3) is 0 Å². The fraction of sp³-hybridized carbons (Fsp3) is 0.391. The van der Waals surface area contributed by atoms with Gasteiger partial charge in [-0.25, -0.2) is 4.39 Å². The lowest BCUT2D eigenvalue weighted by molar-refractivity contribution is 0.166. The summed E-state index contributed by atoms with van der Waals surface area (Å²) in [6, 6.07) is 12.5. The number of nitriles is 1. The number of hydrogen-bond acceptors (Lipinski definition) is 4. The summed E-state index contributed by atoms with van der Waals surface area (Å²) in [6.07, 6.45) is 1.03. The molecule has 2 aromatic rings. The van der Waals surface area contributed by atoms with Gasteiger partial charge in [0.2, 0.25) is 0 Å². The van der Waals surface area contributed by atoms with Gasteiger partial charge in [0, 0.05) is 43.8 Å². The lowest BCUT2D eigenvalue weighted by Crippen LogP contribution is -2.36. The Morgan fingerprint density at radius 3 is 2.67 bits per heavy atom. The second-order valence-electron chi connectivity index (χ2n) is 7.35. The van der Waals surface area contributed by atoms with Gasteiger partial charge in [0.25, 0.3) is 0 Å². The van der Waals surface area contributed by atoms with Crippen LogP contribution in [0.1, 0.15) is 28.7 Å². The van der Waals surface area contributed by atoms with E-state index in [0.29, 0.717) is 36.2 Å². The van der Waals surface area contributed by atoms with E-state index in [1.165, 1.54) is 6.07 Å². The predicted octanol–water partition coefficient (Wildman–Crippen LogP) is 3.29. The van der Waals surface area contributed by atoms with Gasteiger partial charge in [-0.15, -0.1) is 0 Å². The van der Waals surface area contributed by atoms with E-state index in [2.05, 4.69) is 15.6 Å². The molecule has 1 aliphatic rings. The van der Waals surface area contributed by atoms with Gasteiger partial charge >= 0.3 is 0 Å². The highest BCUT2D eigenvalue weighted by molar-refractivity contribution is 5.79. The molecule has 30 heavy (non-hydrogen) atoms. The van der Waals surface area contributed by atoms with Gasteiger partial charge in [-0.3, -0.25) is 4.99 Å². The molecule has 1 heterocycles. The van der Waals surface area contributed by atoms with Gasteiger partial charge in [-0.2, -0.15) is 5.26 Å². The Kier molecular flexibility index (Phi) is 7.63. The van der Waals surface area contributed by atoms with Crippen molar-refractivity contribution in [1.82, 2.24) is 10.6 Å². The van der Waals surface area contributed by atoms with Crippen molar-refractivity contribution in [2.45, 2.75) is 26.4 Å².